The molecule has 0 aromatic heterocycles. The van der Waals surface area contributed by atoms with Crippen LogP contribution in [0.3, 0.4) is 0 Å². The molecule has 0 spiro atoms. The Bertz CT molecular complexity index is 1250. The SMILES string of the molecule is Cc1ccc([C@@H]2[C@H](O)[C@H](O)[C@@H](O)C[SH]2C)cc1Cc1ccc(OCCCC(=O)NC(C)(C)C(=O)N2CCN(C)CC2)cc1. The molecule has 2 amide bonds. The zero-order valence-electron chi connectivity index (χ0n) is 26.1. The number of piperazine rings is 1. The Labute approximate surface area is 258 Å². The molecule has 43 heavy (non-hydrogen) atoms. The van der Waals surface area contributed by atoms with Crippen molar-refractivity contribution >= 4 is 22.7 Å². The summed E-state index contributed by atoms with van der Waals surface area (Å²) in [6.07, 6.45) is 0.627. The minimum atomic E-state index is -1.13. The Balaban J connectivity index is 1.24. The van der Waals surface area contributed by atoms with E-state index in [-0.39, 0.29) is 23.5 Å². The van der Waals surface area contributed by atoms with Crippen LogP contribution in [0.5, 0.6) is 5.75 Å². The van der Waals surface area contributed by atoms with Gasteiger partial charge in [0.2, 0.25) is 11.8 Å². The van der Waals surface area contributed by atoms with E-state index in [1.165, 1.54) is 0 Å². The molecule has 2 aliphatic rings. The van der Waals surface area contributed by atoms with Crippen LogP contribution in [0.2, 0.25) is 0 Å². The molecule has 2 heterocycles. The molecule has 4 N–H and O–H groups in total. The van der Waals surface area contributed by atoms with Crippen molar-refractivity contribution in [3.8, 4) is 5.75 Å². The molecule has 1 unspecified atom stereocenters. The number of thiol groups is 1. The summed E-state index contributed by atoms with van der Waals surface area (Å²) in [6, 6.07) is 14.1. The maximum atomic E-state index is 12.9. The van der Waals surface area contributed by atoms with Gasteiger partial charge >= 0.3 is 0 Å². The number of ether oxygens (including phenoxy) is 1. The van der Waals surface area contributed by atoms with Crippen LogP contribution in [0, 0.1) is 6.92 Å². The Morgan fingerprint density at radius 2 is 1.70 bits per heavy atom. The van der Waals surface area contributed by atoms with Gasteiger partial charge in [-0.3, -0.25) is 9.59 Å². The zero-order chi connectivity index (χ0) is 31.3. The molecule has 2 aromatic rings. The predicted molar refractivity (Wildman–Crippen MR) is 172 cm³/mol. The highest BCUT2D eigenvalue weighted by molar-refractivity contribution is 8.16. The van der Waals surface area contributed by atoms with E-state index in [9.17, 15) is 24.9 Å². The molecule has 2 saturated heterocycles. The number of aliphatic hydroxyl groups is 3. The molecule has 0 saturated carbocycles. The number of carbonyl (C=O) groups is 2. The van der Waals surface area contributed by atoms with Crippen LogP contribution in [0.1, 0.15) is 54.2 Å². The minimum Gasteiger partial charge on any atom is -0.494 e. The lowest BCUT2D eigenvalue weighted by Crippen LogP contribution is -2.59. The first-order valence-electron chi connectivity index (χ1n) is 15.2. The molecule has 0 aliphatic carbocycles. The Kier molecular flexibility index (Phi) is 11.2. The fourth-order valence-electron chi connectivity index (χ4n) is 5.92. The summed E-state index contributed by atoms with van der Waals surface area (Å²) in [5.41, 5.74) is 3.49. The highest BCUT2D eigenvalue weighted by Crippen LogP contribution is 2.48. The summed E-state index contributed by atoms with van der Waals surface area (Å²) in [7, 11) is 1.37. The van der Waals surface area contributed by atoms with E-state index in [4.69, 9.17) is 4.74 Å². The predicted octanol–water partition coefficient (Wildman–Crippen LogP) is 2.18. The van der Waals surface area contributed by atoms with Crippen molar-refractivity contribution in [2.75, 3.05) is 51.8 Å². The number of aryl methyl sites for hydroxylation is 1. The van der Waals surface area contributed by atoms with Gasteiger partial charge in [-0.1, -0.05) is 30.3 Å². The number of amides is 2. The van der Waals surface area contributed by atoms with E-state index in [1.807, 2.05) is 42.3 Å². The zero-order valence-corrected chi connectivity index (χ0v) is 27.0. The summed E-state index contributed by atoms with van der Waals surface area (Å²) < 4.78 is 5.88. The van der Waals surface area contributed by atoms with Crippen LogP contribution in [0.25, 0.3) is 0 Å². The van der Waals surface area contributed by atoms with Gasteiger partial charge in [0, 0.05) is 43.6 Å². The summed E-state index contributed by atoms with van der Waals surface area (Å²) >= 11 is 0. The molecule has 238 valence electrons. The van der Waals surface area contributed by atoms with Gasteiger partial charge in [-0.2, -0.15) is 0 Å². The average molecular weight is 616 g/mol. The molecule has 10 heteroatoms. The Morgan fingerprint density at radius 1 is 1.02 bits per heavy atom. The summed E-state index contributed by atoms with van der Waals surface area (Å²) in [6.45, 7) is 9.01. The second kappa shape index (κ2) is 14.4. The van der Waals surface area contributed by atoms with Crippen molar-refractivity contribution in [2.24, 2.45) is 0 Å². The highest BCUT2D eigenvalue weighted by atomic mass is 32.2. The first-order valence-corrected chi connectivity index (χ1v) is 17.2. The first-order chi connectivity index (χ1) is 20.4. The largest absolute Gasteiger partial charge is 0.494 e. The lowest BCUT2D eigenvalue weighted by atomic mass is 9.94. The van der Waals surface area contributed by atoms with Crippen LogP contribution in [0.4, 0.5) is 0 Å². The number of likely N-dealkylation sites (N-methyl/N-ethyl adjacent to an activating group) is 1. The van der Waals surface area contributed by atoms with E-state index < -0.39 is 34.7 Å². The van der Waals surface area contributed by atoms with Gasteiger partial charge in [0.05, 0.1) is 18.8 Å². The standard InChI is InChI=1S/C33H49N3O6S/c1-22-8-11-24(31-30(40)29(39)27(37)21-43(31)5)20-25(22)19-23-9-12-26(13-10-23)42-18-6-7-28(38)34-33(2,3)32(41)36-16-14-35(4)15-17-36/h8-13,20,27,29-31,37,39-40,43H,6-7,14-19,21H2,1-5H3,(H,34,38)/t27-,29+,30+,31+/m0/s1. The van der Waals surface area contributed by atoms with Crippen molar-refractivity contribution in [3.05, 3.63) is 64.7 Å². The van der Waals surface area contributed by atoms with E-state index in [1.54, 1.807) is 13.8 Å². The fraction of sp³-hybridized carbons (Fsp3) is 0.576. The number of carbonyl (C=O) groups excluding carboxylic acids is 2. The number of hydrogen-bond donors (Lipinski definition) is 5. The molecular weight excluding hydrogens is 566 g/mol. The Hall–Kier alpha value is -2.63. The summed E-state index contributed by atoms with van der Waals surface area (Å²) in [5.74, 6) is 1.04. The second-order valence-corrected chi connectivity index (χ2v) is 15.1. The van der Waals surface area contributed by atoms with Crippen LogP contribution in [-0.4, -0.2) is 113 Å². The topological polar surface area (TPSA) is 123 Å². The molecule has 0 bridgehead atoms. The van der Waals surface area contributed by atoms with E-state index in [0.717, 1.165) is 47.5 Å². The number of benzene rings is 2. The van der Waals surface area contributed by atoms with Crippen molar-refractivity contribution in [1.29, 1.82) is 0 Å². The molecule has 5 atom stereocenters. The van der Waals surface area contributed by atoms with Gasteiger partial charge in [0.25, 0.3) is 0 Å². The van der Waals surface area contributed by atoms with E-state index in [0.29, 0.717) is 31.9 Å². The third-order valence-corrected chi connectivity index (χ3v) is 11.1. The molecule has 0 radical (unpaired) electrons. The quantitative estimate of drug-likeness (QED) is 0.205. The number of rotatable bonds is 10. The van der Waals surface area contributed by atoms with Gasteiger partial charge in [-0.15, -0.1) is 0 Å². The summed E-state index contributed by atoms with van der Waals surface area (Å²) in [4.78, 5) is 29.5. The van der Waals surface area contributed by atoms with Crippen molar-refractivity contribution in [1.82, 2.24) is 15.1 Å². The van der Waals surface area contributed by atoms with Crippen LogP contribution < -0.4 is 10.1 Å². The van der Waals surface area contributed by atoms with Gasteiger partial charge in [0.1, 0.15) is 17.4 Å². The number of aliphatic hydroxyl groups excluding tert-OH is 3. The van der Waals surface area contributed by atoms with Crippen molar-refractivity contribution in [3.63, 3.8) is 0 Å². The fourth-order valence-corrected chi connectivity index (χ4v) is 8.33. The molecule has 9 nitrogen and oxygen atoms in total. The second-order valence-electron chi connectivity index (χ2n) is 12.7. The van der Waals surface area contributed by atoms with E-state index >= 15 is 0 Å². The normalized spacial score (nSPS) is 25.8. The van der Waals surface area contributed by atoms with Crippen molar-refractivity contribution in [2.45, 2.75) is 69.1 Å². The number of nitrogens with one attached hydrogen (secondary N) is 1. The van der Waals surface area contributed by atoms with Gasteiger partial charge in [-0.05, 0) is 81.3 Å². The number of hydrogen-bond acceptors (Lipinski definition) is 7. The van der Waals surface area contributed by atoms with Gasteiger partial charge in [0.15, 0.2) is 0 Å². The van der Waals surface area contributed by atoms with E-state index in [2.05, 4.69) is 35.5 Å². The van der Waals surface area contributed by atoms with Crippen LogP contribution in [-0.2, 0) is 16.0 Å². The smallest absolute Gasteiger partial charge is 0.247 e. The maximum Gasteiger partial charge on any atom is 0.247 e. The van der Waals surface area contributed by atoms with Gasteiger partial charge < -0.3 is 35.2 Å². The minimum absolute atomic E-state index is 0.0483. The van der Waals surface area contributed by atoms with Gasteiger partial charge in [-0.25, -0.2) is 10.9 Å². The summed E-state index contributed by atoms with van der Waals surface area (Å²) in [5, 5.41) is 33.8. The molecular formula is C33H49N3O6S. The first kappa shape index (κ1) is 33.3. The lowest BCUT2D eigenvalue weighted by Gasteiger charge is -2.42. The maximum absolute atomic E-state index is 12.9. The Morgan fingerprint density at radius 3 is 2.37 bits per heavy atom. The molecule has 4 rings (SSSR count). The molecule has 2 aromatic carbocycles. The molecule has 2 fully saturated rings. The lowest BCUT2D eigenvalue weighted by molar-refractivity contribution is -0.141. The molecule has 2 aliphatic heterocycles. The average Bonchev–Trinajstić information content (AvgIpc) is 2.96. The third-order valence-electron chi connectivity index (χ3n) is 8.64. The number of nitrogens with zero attached hydrogens (tertiary/aromatic N) is 2. The van der Waals surface area contributed by atoms with Crippen LogP contribution in [0.15, 0.2) is 42.5 Å². The monoisotopic (exact) mass is 615 g/mol. The van der Waals surface area contributed by atoms with Crippen LogP contribution >= 0.6 is 10.9 Å². The third kappa shape index (κ3) is 8.51. The van der Waals surface area contributed by atoms with Crippen molar-refractivity contribution < 1.29 is 29.6 Å². The highest BCUT2D eigenvalue weighted by Gasteiger charge is 2.40.